The van der Waals surface area contributed by atoms with E-state index in [2.05, 4.69) is 0 Å². The van der Waals surface area contributed by atoms with Crippen LogP contribution in [0.15, 0.2) is 0 Å². The van der Waals surface area contributed by atoms with Crippen molar-refractivity contribution in [3.8, 4) is 0 Å². The largest absolute Gasteiger partial charge is 0.396 e. The monoisotopic (exact) mass is 236 g/mol. The van der Waals surface area contributed by atoms with Gasteiger partial charge in [-0.25, -0.2) is 0 Å². The normalized spacial score (nSPS) is 18.2. The van der Waals surface area contributed by atoms with E-state index in [1.165, 1.54) is 0 Å². The van der Waals surface area contributed by atoms with Gasteiger partial charge in [0.1, 0.15) is 0 Å². The predicted molar refractivity (Wildman–Crippen MR) is 59.8 cm³/mol. The minimum Gasteiger partial charge on any atom is -0.396 e. The summed E-state index contributed by atoms with van der Waals surface area (Å²) < 4.78 is 0. The maximum atomic E-state index is 9.93. The van der Waals surface area contributed by atoms with Gasteiger partial charge in [-0.05, 0) is 26.7 Å². The predicted octanol–water partition coefficient (Wildman–Crippen LogP) is -0.748. The fourth-order valence-electron chi connectivity index (χ4n) is 1.66. The van der Waals surface area contributed by atoms with Crippen LogP contribution in [-0.4, -0.2) is 57.1 Å². The van der Waals surface area contributed by atoms with Gasteiger partial charge in [0, 0.05) is 11.8 Å². The lowest BCUT2D eigenvalue weighted by molar-refractivity contribution is -0.0404. The van der Waals surface area contributed by atoms with Gasteiger partial charge in [0.2, 0.25) is 0 Å². The molecule has 0 rings (SSSR count). The smallest absolute Gasteiger partial charge is 0.0644 e. The minimum absolute atomic E-state index is 0.228. The Labute approximate surface area is 96.4 Å². The van der Waals surface area contributed by atoms with Crippen LogP contribution in [0, 0.1) is 5.41 Å². The summed E-state index contributed by atoms with van der Waals surface area (Å²) in [6.07, 6.45) is 0.225. The topological polar surface area (TPSA) is 101 Å². The maximum absolute atomic E-state index is 9.93. The molecule has 2 atom stereocenters. The van der Waals surface area contributed by atoms with E-state index in [0.29, 0.717) is 12.8 Å². The van der Waals surface area contributed by atoms with Gasteiger partial charge in [-0.15, -0.1) is 0 Å². The Morgan fingerprint density at radius 1 is 1.00 bits per heavy atom. The second-order valence-corrected chi connectivity index (χ2v) is 5.02. The van der Waals surface area contributed by atoms with Crippen LogP contribution >= 0.6 is 0 Å². The first-order valence-electron chi connectivity index (χ1n) is 5.54. The quantitative estimate of drug-likeness (QED) is 0.382. The van der Waals surface area contributed by atoms with E-state index >= 15 is 0 Å². The lowest BCUT2D eigenvalue weighted by Gasteiger charge is -2.32. The van der Waals surface area contributed by atoms with Crippen molar-refractivity contribution in [3.05, 3.63) is 0 Å². The van der Waals surface area contributed by atoms with Crippen molar-refractivity contribution in [1.29, 1.82) is 0 Å². The number of aliphatic hydroxyl groups excluding tert-OH is 4. The number of hydrogen-bond donors (Lipinski definition) is 5. The van der Waals surface area contributed by atoms with E-state index in [0.717, 1.165) is 0 Å². The summed E-state index contributed by atoms with van der Waals surface area (Å²) in [7, 11) is 0. The van der Waals surface area contributed by atoms with E-state index < -0.39 is 17.1 Å². The van der Waals surface area contributed by atoms with Crippen LogP contribution in [0.25, 0.3) is 0 Å². The molecule has 5 nitrogen and oxygen atoms in total. The molecular formula is C11H24O5. The zero-order valence-electron chi connectivity index (χ0n) is 10.1. The van der Waals surface area contributed by atoms with Crippen LogP contribution in [0.3, 0.4) is 0 Å². The van der Waals surface area contributed by atoms with Crippen LogP contribution in [0.5, 0.6) is 0 Å². The Morgan fingerprint density at radius 3 is 1.75 bits per heavy atom. The Hall–Kier alpha value is -0.200. The lowest BCUT2D eigenvalue weighted by atomic mass is 9.80. The summed E-state index contributed by atoms with van der Waals surface area (Å²) in [6, 6.07) is 0. The Morgan fingerprint density at radius 2 is 1.44 bits per heavy atom. The number of aliphatic hydroxyl groups is 5. The van der Waals surface area contributed by atoms with Gasteiger partial charge < -0.3 is 25.5 Å². The van der Waals surface area contributed by atoms with Crippen molar-refractivity contribution in [1.82, 2.24) is 0 Å². The van der Waals surface area contributed by atoms with E-state index in [1.54, 1.807) is 13.8 Å². The molecule has 0 saturated heterocycles. The highest BCUT2D eigenvalue weighted by Gasteiger charge is 2.32. The third-order valence-electron chi connectivity index (χ3n) is 2.94. The van der Waals surface area contributed by atoms with Gasteiger partial charge in [-0.3, -0.25) is 0 Å². The van der Waals surface area contributed by atoms with Crippen LogP contribution in [-0.2, 0) is 0 Å². The summed E-state index contributed by atoms with van der Waals surface area (Å²) >= 11 is 0. The minimum atomic E-state index is -1.06. The second-order valence-electron chi connectivity index (χ2n) is 5.02. The summed E-state index contributed by atoms with van der Waals surface area (Å²) in [4.78, 5) is 0. The van der Waals surface area contributed by atoms with Gasteiger partial charge in [0.25, 0.3) is 0 Å². The van der Waals surface area contributed by atoms with Crippen molar-refractivity contribution < 1.29 is 25.5 Å². The molecule has 0 bridgehead atoms. The van der Waals surface area contributed by atoms with Gasteiger partial charge in [0.15, 0.2) is 0 Å². The molecule has 0 aliphatic carbocycles. The number of rotatable bonds is 8. The zero-order chi connectivity index (χ0) is 12.8. The standard InChI is InChI=1S/C11H24O5/c1-9(15)5-10(2,16)3-4-11(6-12,7-13)8-14/h9,12-16H,3-8H2,1-2H3. The molecular weight excluding hydrogens is 212 g/mol. The van der Waals surface area contributed by atoms with Gasteiger partial charge in [0.05, 0.1) is 31.5 Å². The zero-order valence-corrected chi connectivity index (χ0v) is 10.1. The summed E-state index contributed by atoms with van der Waals surface area (Å²) in [5.41, 5.74) is -2.01. The highest BCUT2D eigenvalue weighted by molar-refractivity contribution is 4.83. The van der Waals surface area contributed by atoms with E-state index in [1.807, 2.05) is 0 Å². The summed E-state index contributed by atoms with van der Waals surface area (Å²) in [5, 5.41) is 46.4. The van der Waals surface area contributed by atoms with E-state index in [4.69, 9.17) is 15.3 Å². The van der Waals surface area contributed by atoms with Crippen molar-refractivity contribution in [2.75, 3.05) is 19.8 Å². The van der Waals surface area contributed by atoms with Crippen LogP contribution < -0.4 is 0 Å². The molecule has 0 aliphatic heterocycles. The van der Waals surface area contributed by atoms with E-state index in [-0.39, 0.29) is 26.2 Å². The first-order chi connectivity index (χ1) is 7.31. The molecule has 0 spiro atoms. The first kappa shape index (κ1) is 15.8. The molecule has 0 aromatic rings. The van der Waals surface area contributed by atoms with Crippen LogP contribution in [0.1, 0.15) is 33.1 Å². The van der Waals surface area contributed by atoms with Crippen LogP contribution in [0.4, 0.5) is 0 Å². The molecule has 0 heterocycles. The average Bonchev–Trinajstić information content (AvgIpc) is 2.19. The Balaban J connectivity index is 4.29. The van der Waals surface area contributed by atoms with Gasteiger partial charge >= 0.3 is 0 Å². The lowest BCUT2D eigenvalue weighted by Crippen LogP contribution is -2.38. The summed E-state index contributed by atoms with van der Waals surface area (Å²) in [6.45, 7) is 2.20. The average molecular weight is 236 g/mol. The van der Waals surface area contributed by atoms with Crippen molar-refractivity contribution in [2.45, 2.75) is 44.8 Å². The van der Waals surface area contributed by atoms with Crippen molar-refractivity contribution in [3.63, 3.8) is 0 Å². The molecule has 2 unspecified atom stereocenters. The molecule has 16 heavy (non-hydrogen) atoms. The third kappa shape index (κ3) is 5.23. The molecule has 5 N–H and O–H groups in total. The second kappa shape index (κ2) is 6.51. The van der Waals surface area contributed by atoms with Crippen LogP contribution in [0.2, 0.25) is 0 Å². The van der Waals surface area contributed by atoms with E-state index in [9.17, 15) is 10.2 Å². The highest BCUT2D eigenvalue weighted by atomic mass is 16.3. The molecule has 0 aliphatic rings. The molecule has 0 amide bonds. The SMILES string of the molecule is CC(O)CC(C)(O)CCC(CO)(CO)CO. The maximum Gasteiger partial charge on any atom is 0.0644 e. The summed E-state index contributed by atoms with van der Waals surface area (Å²) in [5.74, 6) is 0. The molecule has 0 aromatic carbocycles. The molecule has 0 aromatic heterocycles. The Kier molecular flexibility index (Phi) is 6.43. The van der Waals surface area contributed by atoms with Gasteiger partial charge in [-0.1, -0.05) is 0 Å². The highest BCUT2D eigenvalue weighted by Crippen LogP contribution is 2.28. The van der Waals surface area contributed by atoms with Crippen molar-refractivity contribution >= 4 is 0 Å². The third-order valence-corrected chi connectivity index (χ3v) is 2.94. The van der Waals surface area contributed by atoms with Gasteiger partial charge in [-0.2, -0.15) is 0 Å². The fraction of sp³-hybridized carbons (Fsp3) is 1.00. The van der Waals surface area contributed by atoms with Crippen molar-refractivity contribution in [2.24, 2.45) is 5.41 Å². The number of hydrogen-bond acceptors (Lipinski definition) is 5. The fourth-order valence-corrected chi connectivity index (χ4v) is 1.66. The Bertz CT molecular complexity index is 179. The first-order valence-corrected chi connectivity index (χ1v) is 5.54. The molecule has 5 heteroatoms. The molecule has 0 saturated carbocycles. The molecule has 0 fully saturated rings. The molecule has 98 valence electrons. The molecule has 0 radical (unpaired) electrons.